The minimum absolute atomic E-state index is 0. The van der Waals surface area contributed by atoms with Crippen LogP contribution < -0.4 is 29.6 Å². The maximum absolute atomic E-state index is 10.3. The molecule has 0 aliphatic rings. The number of rotatable bonds is 3. The molecule has 0 aliphatic carbocycles. The van der Waals surface area contributed by atoms with E-state index in [4.69, 9.17) is 10.2 Å². The number of aliphatic hydroxyl groups is 1. The summed E-state index contributed by atoms with van der Waals surface area (Å²) in [6.45, 7) is 3.11. The largest absolute Gasteiger partial charge is 1.00 e. The molecule has 0 rings (SSSR count). The van der Waals surface area contributed by atoms with Crippen LogP contribution in [0.25, 0.3) is 0 Å². The molecule has 0 fully saturated rings. The van der Waals surface area contributed by atoms with Gasteiger partial charge in [0.05, 0.1) is 5.41 Å². The fourth-order valence-electron chi connectivity index (χ4n) is 0.386. The molecule has 3 nitrogen and oxygen atoms in total. The van der Waals surface area contributed by atoms with Gasteiger partial charge >= 0.3 is 35.5 Å². The summed E-state index contributed by atoms with van der Waals surface area (Å²) in [6.07, 6.45) is 0.308. The molecular formula is C6H13NaO3. The van der Waals surface area contributed by atoms with Crippen molar-refractivity contribution in [3.8, 4) is 0 Å². The summed E-state index contributed by atoms with van der Waals surface area (Å²) in [6, 6.07) is 0. The molecule has 10 heavy (non-hydrogen) atoms. The summed E-state index contributed by atoms with van der Waals surface area (Å²) < 4.78 is 0. The number of hydrogen-bond donors (Lipinski definition) is 2. The molecule has 0 amide bonds. The third-order valence-corrected chi connectivity index (χ3v) is 1.32. The zero-order valence-electron chi connectivity index (χ0n) is 7.72. The molecule has 0 radical (unpaired) electrons. The van der Waals surface area contributed by atoms with Crippen LogP contribution >= 0.6 is 0 Å². The fraction of sp³-hybridized carbons (Fsp3) is 0.833. The first-order chi connectivity index (χ1) is 4.00. The fourth-order valence-corrected chi connectivity index (χ4v) is 0.386. The number of aliphatic hydroxyl groups excluding tert-OH is 1. The molecule has 56 valence electrons. The molecule has 0 saturated carbocycles. The van der Waals surface area contributed by atoms with E-state index in [1.165, 1.54) is 0 Å². The first-order valence-corrected chi connectivity index (χ1v) is 2.85. The summed E-state index contributed by atoms with van der Waals surface area (Å²) >= 11 is 0. The standard InChI is InChI=1S/C6H12O3.Na.H/c1-6(2,3-4-7)5(8)9;;/h7H,3-4H2,1-2H3,(H,8,9);;/q;+1;-1. The minimum Gasteiger partial charge on any atom is -1.00 e. The summed E-state index contributed by atoms with van der Waals surface area (Å²) in [5.74, 6) is -0.864. The second-order valence-electron chi connectivity index (χ2n) is 2.66. The number of carboxylic acid groups (broad SMARTS) is 1. The van der Waals surface area contributed by atoms with Crippen molar-refractivity contribution in [2.24, 2.45) is 5.41 Å². The van der Waals surface area contributed by atoms with Gasteiger partial charge in [0, 0.05) is 6.61 Å². The van der Waals surface area contributed by atoms with Crippen LogP contribution in [0.5, 0.6) is 0 Å². The number of carboxylic acids is 1. The average Bonchev–Trinajstić information content (AvgIpc) is 1.65. The van der Waals surface area contributed by atoms with Gasteiger partial charge < -0.3 is 11.6 Å². The summed E-state index contributed by atoms with van der Waals surface area (Å²) in [5, 5.41) is 16.8. The number of carbonyl (C=O) groups is 1. The Balaban J connectivity index is -0.000000320. The van der Waals surface area contributed by atoms with Crippen LogP contribution in [0.3, 0.4) is 0 Å². The van der Waals surface area contributed by atoms with Crippen LogP contribution in [0.1, 0.15) is 21.7 Å². The zero-order valence-corrected chi connectivity index (χ0v) is 8.72. The van der Waals surface area contributed by atoms with Crippen molar-refractivity contribution >= 4 is 5.97 Å². The molecule has 2 N–H and O–H groups in total. The Bertz CT molecular complexity index is 116. The van der Waals surface area contributed by atoms with Crippen molar-refractivity contribution in [1.29, 1.82) is 0 Å². The molecule has 4 heteroatoms. The normalized spacial score (nSPS) is 10.3. The average molecular weight is 156 g/mol. The SMILES string of the molecule is CC(C)(CCO)C(=O)O.[H-].[Na+]. The quantitative estimate of drug-likeness (QED) is 0.448. The van der Waals surface area contributed by atoms with E-state index in [-0.39, 0.29) is 37.6 Å². The predicted molar refractivity (Wildman–Crippen MR) is 34.2 cm³/mol. The van der Waals surface area contributed by atoms with Crippen LogP contribution in [0.4, 0.5) is 0 Å². The van der Waals surface area contributed by atoms with Gasteiger partial charge in [-0.3, -0.25) is 4.79 Å². The minimum atomic E-state index is -0.864. The number of hydrogen-bond acceptors (Lipinski definition) is 2. The maximum atomic E-state index is 10.3. The van der Waals surface area contributed by atoms with Gasteiger partial charge in [0.15, 0.2) is 0 Å². The van der Waals surface area contributed by atoms with E-state index in [0.29, 0.717) is 6.42 Å². The number of aliphatic carboxylic acids is 1. The van der Waals surface area contributed by atoms with E-state index in [0.717, 1.165) is 0 Å². The topological polar surface area (TPSA) is 57.5 Å². The summed E-state index contributed by atoms with van der Waals surface area (Å²) in [7, 11) is 0. The van der Waals surface area contributed by atoms with Crippen molar-refractivity contribution in [1.82, 2.24) is 0 Å². The molecular weight excluding hydrogens is 143 g/mol. The Hall–Kier alpha value is 0.430. The molecule has 0 aromatic rings. The van der Waals surface area contributed by atoms with Gasteiger partial charge in [0.2, 0.25) is 0 Å². The molecule has 0 aromatic carbocycles. The van der Waals surface area contributed by atoms with Crippen LogP contribution in [0, 0.1) is 5.41 Å². The first-order valence-electron chi connectivity index (χ1n) is 2.85. The van der Waals surface area contributed by atoms with Gasteiger partial charge in [0.1, 0.15) is 0 Å². The van der Waals surface area contributed by atoms with Gasteiger partial charge in [-0.15, -0.1) is 0 Å². The van der Waals surface area contributed by atoms with Gasteiger partial charge in [-0.05, 0) is 20.3 Å². The second kappa shape index (κ2) is 5.13. The molecule has 0 aromatic heterocycles. The Morgan fingerprint density at radius 3 is 2.10 bits per heavy atom. The van der Waals surface area contributed by atoms with Crippen LogP contribution in [-0.2, 0) is 4.79 Å². The van der Waals surface area contributed by atoms with Crippen molar-refractivity contribution in [2.75, 3.05) is 6.61 Å². The smallest absolute Gasteiger partial charge is 1.00 e. The van der Waals surface area contributed by atoms with Crippen molar-refractivity contribution < 1.29 is 46.0 Å². The van der Waals surface area contributed by atoms with E-state index >= 15 is 0 Å². The van der Waals surface area contributed by atoms with Crippen molar-refractivity contribution in [2.45, 2.75) is 20.3 Å². The van der Waals surface area contributed by atoms with E-state index in [1.807, 2.05) is 0 Å². The van der Waals surface area contributed by atoms with E-state index < -0.39 is 11.4 Å². The van der Waals surface area contributed by atoms with Gasteiger partial charge in [-0.1, -0.05) is 0 Å². The van der Waals surface area contributed by atoms with Crippen LogP contribution in [0.15, 0.2) is 0 Å². The molecule has 0 bridgehead atoms. The van der Waals surface area contributed by atoms with E-state index in [1.54, 1.807) is 13.8 Å². The van der Waals surface area contributed by atoms with Gasteiger partial charge in [-0.25, -0.2) is 0 Å². The van der Waals surface area contributed by atoms with E-state index in [2.05, 4.69) is 0 Å². The van der Waals surface area contributed by atoms with Crippen LogP contribution in [0.2, 0.25) is 0 Å². The monoisotopic (exact) mass is 156 g/mol. The molecule has 0 heterocycles. The third kappa shape index (κ3) is 4.28. The Morgan fingerprint density at radius 2 is 2.00 bits per heavy atom. The molecule has 0 atom stereocenters. The zero-order chi connectivity index (χ0) is 7.49. The maximum Gasteiger partial charge on any atom is 1.00 e. The summed E-state index contributed by atoms with van der Waals surface area (Å²) in [5.41, 5.74) is -0.783. The van der Waals surface area contributed by atoms with Crippen molar-refractivity contribution in [3.05, 3.63) is 0 Å². The second-order valence-corrected chi connectivity index (χ2v) is 2.66. The predicted octanol–water partition coefficient (Wildman–Crippen LogP) is -2.40. The molecule has 0 saturated heterocycles. The molecule has 0 aliphatic heterocycles. The Morgan fingerprint density at radius 1 is 1.60 bits per heavy atom. The summed E-state index contributed by atoms with van der Waals surface area (Å²) in [4.78, 5) is 10.3. The van der Waals surface area contributed by atoms with Gasteiger partial charge in [-0.2, -0.15) is 0 Å². The molecule has 0 unspecified atom stereocenters. The van der Waals surface area contributed by atoms with Crippen molar-refractivity contribution in [3.63, 3.8) is 0 Å². The third-order valence-electron chi connectivity index (χ3n) is 1.32. The first kappa shape index (κ1) is 13.1. The Labute approximate surface area is 84.2 Å². The Kier molecular flexibility index (Phi) is 6.69. The van der Waals surface area contributed by atoms with E-state index in [9.17, 15) is 4.79 Å². The molecule has 0 spiro atoms. The van der Waals surface area contributed by atoms with Crippen LogP contribution in [-0.4, -0.2) is 22.8 Å². The van der Waals surface area contributed by atoms with Gasteiger partial charge in [0.25, 0.3) is 0 Å².